The summed E-state index contributed by atoms with van der Waals surface area (Å²) >= 11 is 1.44. The van der Waals surface area contributed by atoms with E-state index < -0.39 is 0 Å². The van der Waals surface area contributed by atoms with Crippen LogP contribution in [0.15, 0.2) is 88.8 Å². The van der Waals surface area contributed by atoms with Crippen LogP contribution in [-0.4, -0.2) is 22.0 Å². The first-order valence-electron chi connectivity index (χ1n) is 11.5. The zero-order chi connectivity index (χ0) is 23.3. The van der Waals surface area contributed by atoms with Gasteiger partial charge in [-0.3, -0.25) is 9.69 Å². The van der Waals surface area contributed by atoms with Crippen molar-refractivity contribution in [3.05, 3.63) is 101 Å². The Bertz CT molecular complexity index is 1200. The minimum Gasteiger partial charge on any atom is -0.489 e. The fourth-order valence-corrected chi connectivity index (χ4v) is 5.28. The third-order valence-electron chi connectivity index (χ3n) is 6.00. The van der Waals surface area contributed by atoms with Gasteiger partial charge >= 0.3 is 0 Å². The summed E-state index contributed by atoms with van der Waals surface area (Å²) in [6, 6.07) is 23.9. The lowest BCUT2D eigenvalue weighted by molar-refractivity contribution is -0.123. The molecule has 1 aliphatic heterocycles. The number of carbonyl (C=O) groups is 1. The monoisotopic (exact) mass is 472 g/mol. The van der Waals surface area contributed by atoms with Crippen LogP contribution in [0.25, 0.3) is 6.08 Å². The van der Waals surface area contributed by atoms with Gasteiger partial charge in [-0.2, -0.15) is 0 Å². The minimum absolute atomic E-state index is 0.0308. The van der Waals surface area contributed by atoms with Crippen LogP contribution in [0.3, 0.4) is 0 Å². The first-order valence-corrected chi connectivity index (χ1v) is 12.3. The van der Waals surface area contributed by atoms with Gasteiger partial charge in [0, 0.05) is 6.04 Å². The molecular weight excluding hydrogens is 447 g/mol. The number of ether oxygens (including phenoxy) is 1. The van der Waals surface area contributed by atoms with E-state index in [9.17, 15) is 9.18 Å². The molecule has 1 saturated carbocycles. The number of amidine groups is 1. The standard InChI is InChI=1S/C28H25FN2O2S/c29-22-14-10-21(11-15-22)19-33-25-16-12-20(13-17-25)18-26-27(32)31(24-8-4-5-9-24)28(34-26)30-23-6-2-1-3-7-23/h1-3,6-7,10-18,24H,4-5,8-9,19H2/b26-18+,30-28?. The van der Waals surface area contributed by atoms with Gasteiger partial charge in [-0.15, -0.1) is 0 Å². The van der Waals surface area contributed by atoms with Crippen molar-refractivity contribution in [1.29, 1.82) is 0 Å². The lowest BCUT2D eigenvalue weighted by Crippen LogP contribution is -2.37. The molecule has 5 rings (SSSR count). The highest BCUT2D eigenvalue weighted by Crippen LogP contribution is 2.39. The number of benzene rings is 3. The number of aliphatic imine (C=N–C) groups is 1. The minimum atomic E-state index is -0.260. The van der Waals surface area contributed by atoms with E-state index in [4.69, 9.17) is 9.73 Å². The summed E-state index contributed by atoms with van der Waals surface area (Å²) in [6.07, 6.45) is 6.26. The van der Waals surface area contributed by atoms with E-state index in [2.05, 4.69) is 0 Å². The van der Waals surface area contributed by atoms with Crippen molar-refractivity contribution < 1.29 is 13.9 Å². The van der Waals surface area contributed by atoms with Crippen LogP contribution in [0.1, 0.15) is 36.8 Å². The number of nitrogens with zero attached hydrogens (tertiary/aromatic N) is 2. The summed E-state index contributed by atoms with van der Waals surface area (Å²) in [4.78, 5) is 20.7. The van der Waals surface area contributed by atoms with E-state index in [-0.39, 0.29) is 17.8 Å². The summed E-state index contributed by atoms with van der Waals surface area (Å²) < 4.78 is 18.9. The molecule has 1 amide bonds. The number of hydrogen-bond donors (Lipinski definition) is 0. The molecule has 1 saturated heterocycles. The smallest absolute Gasteiger partial charge is 0.267 e. The third kappa shape index (κ3) is 5.23. The lowest BCUT2D eigenvalue weighted by atomic mass is 10.2. The fourth-order valence-electron chi connectivity index (χ4n) is 4.22. The zero-order valence-electron chi connectivity index (χ0n) is 18.7. The fraction of sp³-hybridized carbons (Fsp3) is 0.214. The number of para-hydroxylation sites is 1. The molecule has 0 atom stereocenters. The van der Waals surface area contributed by atoms with Gasteiger partial charge in [0.05, 0.1) is 10.6 Å². The van der Waals surface area contributed by atoms with E-state index in [1.165, 1.54) is 23.9 Å². The highest BCUT2D eigenvalue weighted by Gasteiger charge is 2.39. The molecule has 1 heterocycles. The highest BCUT2D eigenvalue weighted by molar-refractivity contribution is 8.18. The summed E-state index contributed by atoms with van der Waals surface area (Å²) in [5.74, 6) is 0.489. The van der Waals surface area contributed by atoms with Crippen molar-refractivity contribution in [3.63, 3.8) is 0 Å². The Hall–Kier alpha value is -3.38. The molecule has 1 aliphatic carbocycles. The van der Waals surface area contributed by atoms with Gasteiger partial charge in [0.15, 0.2) is 5.17 Å². The number of hydrogen-bond acceptors (Lipinski definition) is 4. The zero-order valence-corrected chi connectivity index (χ0v) is 19.5. The summed E-state index contributed by atoms with van der Waals surface area (Å²) in [6.45, 7) is 0.366. The third-order valence-corrected chi connectivity index (χ3v) is 6.99. The van der Waals surface area contributed by atoms with E-state index >= 15 is 0 Å². The average Bonchev–Trinajstić information content (AvgIpc) is 3.48. The second-order valence-corrected chi connectivity index (χ2v) is 9.45. The molecule has 3 aromatic carbocycles. The van der Waals surface area contributed by atoms with E-state index in [1.807, 2.05) is 65.6 Å². The van der Waals surface area contributed by atoms with Crippen LogP contribution in [-0.2, 0) is 11.4 Å². The molecule has 0 aromatic heterocycles. The average molecular weight is 473 g/mol. The van der Waals surface area contributed by atoms with Crippen LogP contribution in [0.5, 0.6) is 5.75 Å². The van der Waals surface area contributed by atoms with Crippen molar-refractivity contribution in [2.45, 2.75) is 38.3 Å². The molecule has 2 fully saturated rings. The molecule has 4 nitrogen and oxygen atoms in total. The Labute approximate surface area is 203 Å². The topological polar surface area (TPSA) is 41.9 Å². The summed E-state index contributed by atoms with van der Waals surface area (Å²) in [7, 11) is 0. The van der Waals surface area contributed by atoms with Gasteiger partial charge in [0.1, 0.15) is 18.2 Å². The van der Waals surface area contributed by atoms with Crippen LogP contribution < -0.4 is 4.74 Å². The lowest BCUT2D eigenvalue weighted by Gasteiger charge is -2.22. The van der Waals surface area contributed by atoms with E-state index in [0.717, 1.165) is 53.4 Å². The van der Waals surface area contributed by atoms with Gasteiger partial charge < -0.3 is 4.74 Å². The van der Waals surface area contributed by atoms with Crippen molar-refractivity contribution >= 4 is 34.6 Å². The molecule has 0 radical (unpaired) electrons. The summed E-state index contributed by atoms with van der Waals surface area (Å²) in [5, 5.41) is 0.758. The first-order chi connectivity index (χ1) is 16.7. The van der Waals surface area contributed by atoms with Gasteiger partial charge in [0.25, 0.3) is 5.91 Å². The second-order valence-electron chi connectivity index (χ2n) is 8.44. The van der Waals surface area contributed by atoms with Crippen LogP contribution in [0.2, 0.25) is 0 Å². The molecule has 172 valence electrons. The SMILES string of the molecule is O=C1/C(=C\c2ccc(OCc3ccc(F)cc3)cc2)SC(=Nc2ccccc2)N1C1CCCC1. The maximum absolute atomic E-state index is 13.4. The van der Waals surface area contributed by atoms with Gasteiger partial charge in [-0.1, -0.05) is 55.3 Å². The Morgan fingerprint density at radius 3 is 2.38 bits per heavy atom. The molecule has 34 heavy (non-hydrogen) atoms. The van der Waals surface area contributed by atoms with E-state index in [0.29, 0.717) is 11.5 Å². The number of thioether (sulfide) groups is 1. The second kappa shape index (κ2) is 10.3. The maximum Gasteiger partial charge on any atom is 0.267 e. The number of rotatable bonds is 6. The Kier molecular flexibility index (Phi) is 6.77. The summed E-state index contributed by atoms with van der Waals surface area (Å²) in [5.41, 5.74) is 2.68. The first kappa shape index (κ1) is 22.4. The Morgan fingerprint density at radius 2 is 1.68 bits per heavy atom. The van der Waals surface area contributed by atoms with E-state index in [1.54, 1.807) is 12.1 Å². The van der Waals surface area contributed by atoms with Gasteiger partial charge in [0.2, 0.25) is 0 Å². The van der Waals surface area contributed by atoms with Crippen molar-refractivity contribution in [2.75, 3.05) is 0 Å². The largest absolute Gasteiger partial charge is 0.489 e. The number of carbonyl (C=O) groups excluding carboxylic acids is 1. The quantitative estimate of drug-likeness (QED) is 0.365. The van der Waals surface area contributed by atoms with Crippen molar-refractivity contribution in [2.24, 2.45) is 4.99 Å². The predicted octanol–water partition coefficient (Wildman–Crippen LogP) is 6.95. The molecule has 3 aromatic rings. The molecular formula is C28H25FN2O2S. The number of halogens is 1. The molecule has 6 heteroatoms. The van der Waals surface area contributed by atoms with Gasteiger partial charge in [-0.05, 0) is 78.2 Å². The highest BCUT2D eigenvalue weighted by atomic mass is 32.2. The maximum atomic E-state index is 13.4. The van der Waals surface area contributed by atoms with Crippen LogP contribution in [0.4, 0.5) is 10.1 Å². The van der Waals surface area contributed by atoms with Crippen molar-refractivity contribution in [3.8, 4) is 5.75 Å². The van der Waals surface area contributed by atoms with Crippen LogP contribution in [0, 0.1) is 5.82 Å². The molecule has 0 unspecified atom stereocenters. The van der Waals surface area contributed by atoms with Gasteiger partial charge in [-0.25, -0.2) is 9.38 Å². The normalized spacial score (nSPS) is 18.9. The Morgan fingerprint density at radius 1 is 0.971 bits per heavy atom. The van der Waals surface area contributed by atoms with Crippen molar-refractivity contribution in [1.82, 2.24) is 4.90 Å². The molecule has 0 spiro atoms. The van der Waals surface area contributed by atoms with Crippen LogP contribution >= 0.6 is 11.8 Å². The molecule has 0 N–H and O–H groups in total. The molecule has 0 bridgehead atoms. The predicted molar refractivity (Wildman–Crippen MR) is 135 cm³/mol. The Balaban J connectivity index is 1.32. The number of amides is 1. The molecule has 2 aliphatic rings.